The molecule has 0 saturated heterocycles. The van der Waals surface area contributed by atoms with E-state index in [-0.39, 0.29) is 11.6 Å². The monoisotopic (exact) mass is 440 g/mol. The van der Waals surface area contributed by atoms with E-state index in [9.17, 15) is 0 Å². The van der Waals surface area contributed by atoms with Gasteiger partial charge in [-0.25, -0.2) is 8.78 Å². The van der Waals surface area contributed by atoms with E-state index in [1.165, 1.54) is 12.1 Å². The van der Waals surface area contributed by atoms with Crippen LogP contribution in [0.2, 0.25) is 0 Å². The molecule has 0 saturated carbocycles. The third kappa shape index (κ3) is 1.62. The first-order valence-electron chi connectivity index (χ1n) is 11.4. The molecular weight excluding hydrogens is 426 g/mol. The van der Waals surface area contributed by atoms with Crippen molar-refractivity contribution in [1.82, 2.24) is 8.80 Å². The van der Waals surface area contributed by atoms with Gasteiger partial charge in [0.15, 0.2) is 0 Å². The molecule has 0 spiro atoms. The molecule has 0 amide bonds. The Morgan fingerprint density at radius 3 is 1.26 bits per heavy atom. The molecule has 0 aliphatic carbocycles. The van der Waals surface area contributed by atoms with Crippen molar-refractivity contribution >= 4 is 76.2 Å². The van der Waals surface area contributed by atoms with Crippen LogP contribution < -0.4 is 0 Å². The molecule has 4 heterocycles. The predicted molar refractivity (Wildman–Crippen MR) is 136 cm³/mol. The molecule has 0 aliphatic rings. The van der Waals surface area contributed by atoms with E-state index in [2.05, 4.69) is 33.1 Å². The van der Waals surface area contributed by atoms with Crippen molar-refractivity contribution in [2.24, 2.45) is 0 Å². The van der Waals surface area contributed by atoms with Gasteiger partial charge in [-0.05, 0) is 36.4 Å². The minimum Gasteiger partial charge on any atom is -0.308 e. The molecule has 0 unspecified atom stereocenters. The summed E-state index contributed by atoms with van der Waals surface area (Å²) in [6.45, 7) is 0. The van der Waals surface area contributed by atoms with Crippen LogP contribution in [0.4, 0.5) is 8.78 Å². The first kappa shape index (κ1) is 17.1. The van der Waals surface area contributed by atoms with Gasteiger partial charge in [0.05, 0.1) is 33.1 Å². The molecule has 9 rings (SSSR count). The average Bonchev–Trinajstić information content (AvgIpc) is 3.57. The Balaban J connectivity index is 1.86. The Kier molecular flexibility index (Phi) is 2.70. The van der Waals surface area contributed by atoms with Crippen LogP contribution in [0.1, 0.15) is 0 Å². The van der Waals surface area contributed by atoms with Gasteiger partial charge in [0, 0.05) is 43.1 Å². The fourth-order valence-corrected chi connectivity index (χ4v) is 6.58. The summed E-state index contributed by atoms with van der Waals surface area (Å²) in [7, 11) is 0. The summed E-state index contributed by atoms with van der Waals surface area (Å²) >= 11 is 0. The summed E-state index contributed by atoms with van der Waals surface area (Å²) in [5.74, 6) is -0.471. The Bertz CT molecular complexity index is 2140. The van der Waals surface area contributed by atoms with E-state index in [0.29, 0.717) is 10.8 Å². The molecule has 4 heteroatoms. The van der Waals surface area contributed by atoms with E-state index < -0.39 is 0 Å². The number of hydrogen-bond donors (Lipinski definition) is 0. The van der Waals surface area contributed by atoms with Gasteiger partial charge in [-0.2, -0.15) is 0 Å². The molecule has 2 nitrogen and oxygen atoms in total. The highest BCUT2D eigenvalue weighted by atomic mass is 19.1. The first-order valence-corrected chi connectivity index (χ1v) is 11.4. The normalized spacial score (nSPS) is 13.0. The Labute approximate surface area is 190 Å². The van der Waals surface area contributed by atoms with Gasteiger partial charge in [0.25, 0.3) is 0 Å². The van der Waals surface area contributed by atoms with Crippen molar-refractivity contribution in [3.05, 3.63) is 96.6 Å². The minimum atomic E-state index is -0.236. The number of hydrogen-bond acceptors (Lipinski definition) is 0. The van der Waals surface area contributed by atoms with E-state index in [4.69, 9.17) is 0 Å². The number of fused-ring (bicyclic) bond motifs is 14. The quantitative estimate of drug-likeness (QED) is 0.224. The first-order chi connectivity index (χ1) is 16.8. The maximum absolute atomic E-state index is 15.6. The molecule has 0 N–H and O–H groups in total. The summed E-state index contributed by atoms with van der Waals surface area (Å²) in [4.78, 5) is 0. The fourth-order valence-electron chi connectivity index (χ4n) is 6.58. The molecule has 0 radical (unpaired) electrons. The lowest BCUT2D eigenvalue weighted by Gasteiger charge is -2.03. The van der Waals surface area contributed by atoms with Gasteiger partial charge in [0.2, 0.25) is 0 Å². The third-order valence-electron chi connectivity index (χ3n) is 7.69. The third-order valence-corrected chi connectivity index (χ3v) is 7.69. The lowest BCUT2D eigenvalue weighted by atomic mass is 9.97. The van der Waals surface area contributed by atoms with E-state index in [1.807, 2.05) is 36.4 Å². The highest BCUT2D eigenvalue weighted by Crippen LogP contribution is 2.52. The maximum Gasteiger partial charge on any atom is 0.133 e. The summed E-state index contributed by atoms with van der Waals surface area (Å²) in [5, 5.41) is 7.14. The molecule has 0 aliphatic heterocycles. The number of nitrogens with zero attached hydrogens (tertiary/aromatic N) is 2. The van der Waals surface area contributed by atoms with E-state index >= 15 is 8.78 Å². The number of benzene rings is 5. The van der Waals surface area contributed by atoms with Gasteiger partial charge < -0.3 is 8.80 Å². The largest absolute Gasteiger partial charge is 0.308 e. The van der Waals surface area contributed by atoms with Crippen molar-refractivity contribution in [2.45, 2.75) is 0 Å². The second-order valence-electron chi connectivity index (χ2n) is 9.17. The highest BCUT2D eigenvalue weighted by Gasteiger charge is 2.29. The molecule has 0 atom stereocenters. The van der Waals surface area contributed by atoms with Crippen LogP contribution in [-0.2, 0) is 0 Å². The molecule has 5 aromatic carbocycles. The summed E-state index contributed by atoms with van der Waals surface area (Å²) in [5.41, 5.74) is 5.61. The Morgan fingerprint density at radius 2 is 0.794 bits per heavy atom. The van der Waals surface area contributed by atoms with Crippen LogP contribution in [0.25, 0.3) is 76.2 Å². The van der Waals surface area contributed by atoms with Gasteiger partial charge in [0.1, 0.15) is 11.6 Å². The molecule has 0 bridgehead atoms. The summed E-state index contributed by atoms with van der Waals surface area (Å²) in [6, 6.07) is 26.9. The Hall–Kier alpha value is -4.44. The number of rotatable bonds is 0. The number of aromatic nitrogens is 2. The van der Waals surface area contributed by atoms with Crippen LogP contribution in [-0.4, -0.2) is 8.80 Å². The van der Waals surface area contributed by atoms with Crippen LogP contribution in [0.5, 0.6) is 0 Å². The maximum atomic E-state index is 15.6. The van der Waals surface area contributed by atoms with Crippen molar-refractivity contribution in [3.63, 3.8) is 0 Å². The van der Waals surface area contributed by atoms with Crippen LogP contribution >= 0.6 is 0 Å². The number of para-hydroxylation sites is 2. The SMILES string of the molecule is Fc1cccc2c1c1c3c4ccccc4n4c5cccc(F)c5c(c5c6ccccc6n2c51)c34. The van der Waals surface area contributed by atoms with Gasteiger partial charge >= 0.3 is 0 Å². The molecule has 9 aromatic rings. The zero-order valence-corrected chi connectivity index (χ0v) is 17.7. The topological polar surface area (TPSA) is 8.82 Å². The van der Waals surface area contributed by atoms with Gasteiger partial charge in [-0.1, -0.05) is 48.5 Å². The van der Waals surface area contributed by atoms with Crippen molar-refractivity contribution in [1.29, 1.82) is 0 Å². The zero-order valence-electron chi connectivity index (χ0n) is 17.7. The standard InChI is InChI=1S/C30H14F2N2/c31-17-9-6-14-22-25(17)27-23-15-7-1-3-11-19(15)33-21-13-5-10-18(32)26(21)28(29(23)33)24-16-8-2-4-12-20(16)34(22)30(24)27/h1-14H. The molecule has 158 valence electrons. The van der Waals surface area contributed by atoms with Crippen molar-refractivity contribution in [2.75, 3.05) is 0 Å². The second-order valence-corrected chi connectivity index (χ2v) is 9.17. The van der Waals surface area contributed by atoms with Gasteiger partial charge in [-0.3, -0.25) is 0 Å². The molecule has 4 aromatic heterocycles. The van der Waals surface area contributed by atoms with Crippen LogP contribution in [0, 0.1) is 11.6 Å². The smallest absolute Gasteiger partial charge is 0.133 e. The fraction of sp³-hybridized carbons (Fsp3) is 0. The van der Waals surface area contributed by atoms with Crippen LogP contribution in [0.3, 0.4) is 0 Å². The zero-order chi connectivity index (χ0) is 22.3. The van der Waals surface area contributed by atoms with E-state index in [0.717, 1.165) is 65.4 Å². The lowest BCUT2D eigenvalue weighted by Crippen LogP contribution is -1.81. The lowest BCUT2D eigenvalue weighted by molar-refractivity contribution is 0.640. The average molecular weight is 440 g/mol. The predicted octanol–water partition coefficient (Wildman–Crippen LogP) is 8.27. The number of halogens is 2. The Morgan fingerprint density at radius 1 is 0.382 bits per heavy atom. The minimum absolute atomic E-state index is 0.236. The second kappa shape index (κ2) is 5.37. The molecule has 34 heavy (non-hydrogen) atoms. The summed E-state index contributed by atoms with van der Waals surface area (Å²) < 4.78 is 35.5. The van der Waals surface area contributed by atoms with Gasteiger partial charge in [-0.15, -0.1) is 0 Å². The summed E-state index contributed by atoms with van der Waals surface area (Å²) in [6.07, 6.45) is 0. The highest BCUT2D eigenvalue weighted by molar-refractivity contribution is 6.45. The van der Waals surface area contributed by atoms with Crippen molar-refractivity contribution in [3.8, 4) is 0 Å². The molecular formula is C30H14F2N2. The van der Waals surface area contributed by atoms with Crippen molar-refractivity contribution < 1.29 is 8.78 Å². The molecule has 0 fully saturated rings. The van der Waals surface area contributed by atoms with E-state index in [1.54, 1.807) is 12.1 Å². The van der Waals surface area contributed by atoms with Crippen LogP contribution in [0.15, 0.2) is 84.9 Å².